The molecular formula is C15H19NO3. The van der Waals surface area contributed by atoms with E-state index >= 15 is 0 Å². The van der Waals surface area contributed by atoms with Gasteiger partial charge in [0.2, 0.25) is 0 Å². The van der Waals surface area contributed by atoms with Gasteiger partial charge in [-0.2, -0.15) is 0 Å². The summed E-state index contributed by atoms with van der Waals surface area (Å²) >= 11 is 0. The molecule has 0 saturated carbocycles. The maximum atomic E-state index is 12.4. The monoisotopic (exact) mass is 261 g/mol. The fourth-order valence-corrected chi connectivity index (χ4v) is 1.74. The van der Waals surface area contributed by atoms with Gasteiger partial charge in [-0.1, -0.05) is 24.8 Å². The van der Waals surface area contributed by atoms with Gasteiger partial charge < -0.3 is 9.64 Å². The predicted octanol–water partition coefficient (Wildman–Crippen LogP) is 1.66. The summed E-state index contributed by atoms with van der Waals surface area (Å²) in [5, 5.41) is 0. The molecule has 1 fully saturated rings. The largest absolute Gasteiger partial charge is 0.371 e. The SMILES string of the molecule is C=C/C=C\C(C(=O)N(C)[C@@H](C=C)[C@@H]1CO1)=C(/C)C=O. The fraction of sp³-hybridized carbons (Fsp3) is 0.333. The highest BCUT2D eigenvalue weighted by Gasteiger charge is 2.35. The molecule has 0 radical (unpaired) electrons. The zero-order chi connectivity index (χ0) is 14.4. The molecule has 1 aliphatic rings. The predicted molar refractivity (Wildman–Crippen MR) is 74.6 cm³/mol. The van der Waals surface area contributed by atoms with Crippen molar-refractivity contribution in [3.63, 3.8) is 0 Å². The summed E-state index contributed by atoms with van der Waals surface area (Å²) in [5.41, 5.74) is 0.736. The molecule has 4 heteroatoms. The van der Waals surface area contributed by atoms with Gasteiger partial charge in [-0.25, -0.2) is 0 Å². The summed E-state index contributed by atoms with van der Waals surface area (Å²) in [6, 6.07) is -0.181. The quantitative estimate of drug-likeness (QED) is 0.230. The Hall–Kier alpha value is -1.94. The number of ether oxygens (including phenoxy) is 1. The Bertz CT molecular complexity index is 444. The Morgan fingerprint density at radius 3 is 2.53 bits per heavy atom. The molecule has 0 aliphatic carbocycles. The first-order valence-corrected chi connectivity index (χ1v) is 6.03. The number of nitrogens with zero attached hydrogens (tertiary/aromatic N) is 1. The lowest BCUT2D eigenvalue weighted by Crippen LogP contribution is -2.40. The standard InChI is InChI=1S/C15H19NO3/c1-5-7-8-12(11(3)9-17)15(18)16(4)13(6-2)14-10-19-14/h5-9,13-14H,1-2,10H2,3-4H3/b8-7-,12-11-/t13-,14-/m0/s1. The first kappa shape index (κ1) is 15.1. The average Bonchev–Trinajstić information content (AvgIpc) is 3.23. The summed E-state index contributed by atoms with van der Waals surface area (Å²) in [4.78, 5) is 24.8. The number of epoxide rings is 1. The van der Waals surface area contributed by atoms with Crippen molar-refractivity contribution in [3.05, 3.63) is 48.6 Å². The van der Waals surface area contributed by atoms with Gasteiger partial charge in [-0.3, -0.25) is 9.59 Å². The Labute approximate surface area is 113 Å². The number of aldehydes is 1. The van der Waals surface area contributed by atoms with Gasteiger partial charge in [-0.05, 0) is 13.0 Å². The smallest absolute Gasteiger partial charge is 0.254 e. The van der Waals surface area contributed by atoms with Crippen LogP contribution in [0.5, 0.6) is 0 Å². The van der Waals surface area contributed by atoms with Gasteiger partial charge in [0.25, 0.3) is 5.91 Å². The van der Waals surface area contributed by atoms with Gasteiger partial charge >= 0.3 is 0 Å². The molecule has 1 heterocycles. The molecule has 0 bridgehead atoms. The van der Waals surface area contributed by atoms with Gasteiger partial charge in [0.05, 0.1) is 12.6 Å². The zero-order valence-electron chi connectivity index (χ0n) is 11.3. The molecule has 0 aromatic heterocycles. The lowest BCUT2D eigenvalue weighted by molar-refractivity contribution is -0.127. The third-order valence-electron chi connectivity index (χ3n) is 2.98. The first-order valence-electron chi connectivity index (χ1n) is 6.03. The molecule has 1 aliphatic heterocycles. The maximum absolute atomic E-state index is 12.4. The van der Waals surface area contributed by atoms with Crippen molar-refractivity contribution < 1.29 is 14.3 Å². The topological polar surface area (TPSA) is 49.9 Å². The van der Waals surface area contributed by atoms with Gasteiger partial charge in [0.1, 0.15) is 12.4 Å². The second-order valence-corrected chi connectivity index (χ2v) is 4.32. The Balaban J connectivity index is 2.98. The highest BCUT2D eigenvalue weighted by Crippen LogP contribution is 2.21. The number of likely N-dealkylation sites (N-methyl/N-ethyl adjacent to an activating group) is 1. The maximum Gasteiger partial charge on any atom is 0.254 e. The van der Waals surface area contributed by atoms with Crippen LogP contribution in [0.4, 0.5) is 0 Å². The van der Waals surface area contributed by atoms with Crippen LogP contribution < -0.4 is 0 Å². The molecule has 2 atom stereocenters. The zero-order valence-corrected chi connectivity index (χ0v) is 11.3. The Morgan fingerprint density at radius 2 is 2.11 bits per heavy atom. The molecule has 19 heavy (non-hydrogen) atoms. The summed E-state index contributed by atoms with van der Waals surface area (Å²) in [7, 11) is 1.68. The molecule has 4 nitrogen and oxygen atoms in total. The summed E-state index contributed by atoms with van der Waals surface area (Å²) in [5.74, 6) is -0.233. The van der Waals surface area contributed by atoms with Crippen LogP contribution in [-0.4, -0.2) is 42.9 Å². The van der Waals surface area contributed by atoms with E-state index in [1.807, 2.05) is 0 Å². The molecule has 0 unspecified atom stereocenters. The lowest BCUT2D eigenvalue weighted by atomic mass is 10.1. The van der Waals surface area contributed by atoms with Crippen molar-refractivity contribution in [2.24, 2.45) is 0 Å². The number of rotatable bonds is 7. The third kappa shape index (κ3) is 3.76. The second kappa shape index (κ2) is 6.85. The molecule has 1 rings (SSSR count). The number of carbonyl (C=O) groups excluding carboxylic acids is 2. The summed E-state index contributed by atoms with van der Waals surface area (Å²) in [6.07, 6.45) is 7.13. The minimum Gasteiger partial charge on any atom is -0.371 e. The first-order chi connectivity index (χ1) is 9.06. The van der Waals surface area contributed by atoms with Crippen LogP contribution in [0.15, 0.2) is 48.6 Å². The minimum absolute atomic E-state index is 0.00706. The minimum atomic E-state index is -0.233. The van der Waals surface area contributed by atoms with E-state index in [2.05, 4.69) is 13.2 Å². The van der Waals surface area contributed by atoms with Gasteiger partial charge in [-0.15, -0.1) is 6.58 Å². The highest BCUT2D eigenvalue weighted by atomic mass is 16.6. The van der Waals surface area contributed by atoms with Gasteiger partial charge in [0.15, 0.2) is 0 Å². The van der Waals surface area contributed by atoms with Crippen molar-refractivity contribution >= 4 is 12.2 Å². The highest BCUT2D eigenvalue weighted by molar-refractivity contribution is 6.01. The number of hydrogen-bond acceptors (Lipinski definition) is 3. The third-order valence-corrected chi connectivity index (χ3v) is 2.98. The molecule has 0 N–H and O–H groups in total. The lowest BCUT2D eigenvalue weighted by Gasteiger charge is -2.25. The van der Waals surface area contributed by atoms with Gasteiger partial charge in [0, 0.05) is 18.2 Å². The second-order valence-electron chi connectivity index (χ2n) is 4.32. The van der Waals surface area contributed by atoms with E-state index in [9.17, 15) is 9.59 Å². The van der Waals surface area contributed by atoms with Crippen LogP contribution in [0.3, 0.4) is 0 Å². The molecule has 1 saturated heterocycles. The van der Waals surface area contributed by atoms with Crippen molar-refractivity contribution in [1.82, 2.24) is 4.90 Å². The number of hydrogen-bond donors (Lipinski definition) is 0. The summed E-state index contributed by atoms with van der Waals surface area (Å²) < 4.78 is 5.20. The normalized spacial score (nSPS) is 20.4. The average molecular weight is 261 g/mol. The van der Waals surface area contributed by atoms with E-state index in [4.69, 9.17) is 4.74 Å². The van der Waals surface area contributed by atoms with Crippen LogP contribution >= 0.6 is 0 Å². The molecule has 0 spiro atoms. The van der Waals surface area contributed by atoms with Crippen molar-refractivity contribution in [2.75, 3.05) is 13.7 Å². The van der Waals surface area contributed by atoms with E-state index in [0.29, 0.717) is 24.0 Å². The number of carbonyl (C=O) groups is 2. The van der Waals surface area contributed by atoms with E-state index < -0.39 is 0 Å². The van der Waals surface area contributed by atoms with Crippen molar-refractivity contribution in [1.29, 1.82) is 0 Å². The van der Waals surface area contributed by atoms with E-state index in [1.54, 1.807) is 43.2 Å². The molecule has 0 aromatic rings. The Kier molecular flexibility index (Phi) is 5.45. The number of allylic oxidation sites excluding steroid dienone is 3. The van der Waals surface area contributed by atoms with Crippen LogP contribution in [0.2, 0.25) is 0 Å². The van der Waals surface area contributed by atoms with E-state index in [1.165, 1.54) is 0 Å². The van der Waals surface area contributed by atoms with Crippen molar-refractivity contribution in [3.8, 4) is 0 Å². The van der Waals surface area contributed by atoms with Crippen LogP contribution in [-0.2, 0) is 14.3 Å². The fourth-order valence-electron chi connectivity index (χ4n) is 1.74. The van der Waals surface area contributed by atoms with Crippen molar-refractivity contribution in [2.45, 2.75) is 19.1 Å². The number of amides is 1. The Morgan fingerprint density at radius 1 is 1.47 bits per heavy atom. The van der Waals surface area contributed by atoms with E-state index in [0.717, 1.165) is 0 Å². The summed E-state index contributed by atoms with van der Waals surface area (Å²) in [6.45, 7) is 9.51. The molecule has 102 valence electrons. The molecular weight excluding hydrogens is 242 g/mol. The molecule has 0 aromatic carbocycles. The van der Waals surface area contributed by atoms with Crippen LogP contribution in [0.25, 0.3) is 0 Å². The van der Waals surface area contributed by atoms with Crippen LogP contribution in [0, 0.1) is 0 Å². The van der Waals surface area contributed by atoms with Crippen LogP contribution in [0.1, 0.15) is 6.92 Å². The molecule has 1 amide bonds. The van der Waals surface area contributed by atoms with E-state index in [-0.39, 0.29) is 18.1 Å².